The SMILES string of the molecule is CS(=O)(=O)c1ccc(Oc2ccc(C(=N)N)cc2Cl)cc1. The van der Waals surface area contributed by atoms with Gasteiger partial charge in [-0.1, -0.05) is 11.6 Å². The van der Waals surface area contributed by atoms with Gasteiger partial charge in [-0.15, -0.1) is 0 Å². The predicted molar refractivity (Wildman–Crippen MR) is 82.1 cm³/mol. The molecule has 110 valence electrons. The molecule has 0 aliphatic heterocycles. The summed E-state index contributed by atoms with van der Waals surface area (Å²) in [5.41, 5.74) is 5.87. The Bertz CT molecular complexity index is 786. The van der Waals surface area contributed by atoms with Crippen molar-refractivity contribution in [1.82, 2.24) is 0 Å². The third-order valence-corrected chi connectivity index (χ3v) is 4.15. The van der Waals surface area contributed by atoms with Gasteiger partial charge in [0, 0.05) is 11.8 Å². The van der Waals surface area contributed by atoms with Crippen LogP contribution in [0.25, 0.3) is 0 Å². The molecular formula is C14H13ClN2O3S. The van der Waals surface area contributed by atoms with Crippen LogP contribution in [-0.4, -0.2) is 20.5 Å². The van der Waals surface area contributed by atoms with E-state index in [1.165, 1.54) is 18.2 Å². The van der Waals surface area contributed by atoms with Crippen molar-refractivity contribution < 1.29 is 13.2 Å². The van der Waals surface area contributed by atoms with E-state index in [4.69, 9.17) is 27.5 Å². The molecule has 5 nitrogen and oxygen atoms in total. The van der Waals surface area contributed by atoms with Crippen molar-refractivity contribution in [3.63, 3.8) is 0 Å². The van der Waals surface area contributed by atoms with E-state index >= 15 is 0 Å². The zero-order chi connectivity index (χ0) is 15.6. The lowest BCUT2D eigenvalue weighted by molar-refractivity contribution is 0.482. The highest BCUT2D eigenvalue weighted by molar-refractivity contribution is 7.90. The molecule has 2 rings (SSSR count). The maximum Gasteiger partial charge on any atom is 0.175 e. The van der Waals surface area contributed by atoms with Gasteiger partial charge in [0.1, 0.15) is 17.3 Å². The molecule has 0 heterocycles. The fraction of sp³-hybridized carbons (Fsp3) is 0.0714. The number of hydrogen-bond acceptors (Lipinski definition) is 4. The number of ether oxygens (including phenoxy) is 1. The van der Waals surface area contributed by atoms with Crippen molar-refractivity contribution in [2.24, 2.45) is 5.73 Å². The first kappa shape index (κ1) is 15.3. The summed E-state index contributed by atoms with van der Waals surface area (Å²) in [4.78, 5) is 0.216. The van der Waals surface area contributed by atoms with Gasteiger partial charge in [-0.2, -0.15) is 0 Å². The summed E-state index contributed by atoms with van der Waals surface area (Å²) < 4.78 is 28.3. The Kier molecular flexibility index (Phi) is 4.20. The van der Waals surface area contributed by atoms with Crippen molar-refractivity contribution in [3.8, 4) is 11.5 Å². The van der Waals surface area contributed by atoms with Gasteiger partial charge in [0.15, 0.2) is 9.84 Å². The number of benzene rings is 2. The lowest BCUT2D eigenvalue weighted by Crippen LogP contribution is -2.10. The van der Waals surface area contributed by atoms with Gasteiger partial charge >= 0.3 is 0 Å². The highest BCUT2D eigenvalue weighted by Gasteiger charge is 2.09. The van der Waals surface area contributed by atoms with Crippen LogP contribution in [0.15, 0.2) is 47.4 Å². The fourth-order valence-electron chi connectivity index (χ4n) is 1.63. The number of hydrogen-bond donors (Lipinski definition) is 2. The quantitative estimate of drug-likeness (QED) is 0.668. The Morgan fingerprint density at radius 3 is 2.29 bits per heavy atom. The number of nitrogens with two attached hydrogens (primary N) is 1. The molecule has 0 radical (unpaired) electrons. The molecule has 7 heteroatoms. The van der Waals surface area contributed by atoms with Crippen LogP contribution in [0.1, 0.15) is 5.56 Å². The second kappa shape index (κ2) is 5.75. The third kappa shape index (κ3) is 3.74. The van der Waals surface area contributed by atoms with Gasteiger partial charge in [-0.3, -0.25) is 5.41 Å². The molecule has 0 bridgehead atoms. The highest BCUT2D eigenvalue weighted by Crippen LogP contribution is 2.30. The van der Waals surface area contributed by atoms with Gasteiger partial charge in [0.05, 0.1) is 9.92 Å². The molecule has 3 N–H and O–H groups in total. The van der Waals surface area contributed by atoms with Gasteiger partial charge < -0.3 is 10.5 Å². The van der Waals surface area contributed by atoms with Crippen LogP contribution >= 0.6 is 11.6 Å². The maximum absolute atomic E-state index is 11.4. The fourth-order valence-corrected chi connectivity index (χ4v) is 2.48. The molecule has 2 aromatic carbocycles. The largest absolute Gasteiger partial charge is 0.456 e. The van der Waals surface area contributed by atoms with Gasteiger partial charge in [0.25, 0.3) is 0 Å². The highest BCUT2D eigenvalue weighted by atomic mass is 35.5. The lowest BCUT2D eigenvalue weighted by atomic mass is 10.2. The third-order valence-electron chi connectivity index (χ3n) is 2.72. The minimum absolute atomic E-state index is 0.0824. The summed E-state index contributed by atoms with van der Waals surface area (Å²) in [6.45, 7) is 0. The first-order valence-electron chi connectivity index (χ1n) is 5.89. The predicted octanol–water partition coefficient (Wildman–Crippen LogP) is 2.82. The summed E-state index contributed by atoms with van der Waals surface area (Å²) in [6, 6.07) is 10.8. The average Bonchev–Trinajstić information content (AvgIpc) is 2.40. The molecule has 0 aliphatic rings. The Balaban J connectivity index is 2.24. The Hall–Kier alpha value is -2.05. The van der Waals surface area contributed by atoms with E-state index in [0.29, 0.717) is 22.1 Å². The van der Waals surface area contributed by atoms with Crippen LogP contribution < -0.4 is 10.5 Å². The molecule has 0 aromatic heterocycles. The zero-order valence-corrected chi connectivity index (χ0v) is 12.7. The van der Waals surface area contributed by atoms with Crippen molar-refractivity contribution in [2.75, 3.05) is 6.26 Å². The van der Waals surface area contributed by atoms with Crippen LogP contribution in [0.3, 0.4) is 0 Å². The molecule has 0 aliphatic carbocycles. The molecule has 0 unspecified atom stereocenters. The Morgan fingerprint density at radius 2 is 1.81 bits per heavy atom. The van der Waals surface area contributed by atoms with Crippen molar-refractivity contribution in [2.45, 2.75) is 4.90 Å². The van der Waals surface area contributed by atoms with E-state index in [-0.39, 0.29) is 10.7 Å². The second-order valence-corrected chi connectivity index (χ2v) is 6.83. The van der Waals surface area contributed by atoms with Crippen molar-refractivity contribution in [3.05, 3.63) is 53.1 Å². The standard InChI is InChI=1S/C14H13ClN2O3S/c1-21(18,19)11-5-3-10(4-6-11)20-13-7-2-9(14(16)17)8-12(13)15/h2-8H,1H3,(H3,16,17). The number of rotatable bonds is 4. The van der Waals surface area contributed by atoms with Crippen LogP contribution in [0.2, 0.25) is 5.02 Å². The normalized spacial score (nSPS) is 11.1. The van der Waals surface area contributed by atoms with Crippen LogP contribution in [0.5, 0.6) is 11.5 Å². The molecule has 0 saturated carbocycles. The molecular weight excluding hydrogens is 312 g/mol. The van der Waals surface area contributed by atoms with E-state index in [9.17, 15) is 8.42 Å². The molecule has 0 atom stereocenters. The number of sulfone groups is 1. The maximum atomic E-state index is 11.4. The van der Waals surface area contributed by atoms with Crippen LogP contribution in [0.4, 0.5) is 0 Å². The van der Waals surface area contributed by atoms with E-state index in [1.807, 2.05) is 0 Å². The van der Waals surface area contributed by atoms with E-state index in [2.05, 4.69) is 0 Å². The summed E-state index contributed by atoms with van der Waals surface area (Å²) >= 11 is 6.05. The van der Waals surface area contributed by atoms with E-state index in [0.717, 1.165) is 6.26 Å². The minimum atomic E-state index is -3.23. The summed E-state index contributed by atoms with van der Waals surface area (Å²) in [5.74, 6) is 0.773. The average molecular weight is 325 g/mol. The Morgan fingerprint density at radius 1 is 1.19 bits per heavy atom. The minimum Gasteiger partial charge on any atom is -0.456 e. The van der Waals surface area contributed by atoms with Gasteiger partial charge in [-0.05, 0) is 42.5 Å². The molecule has 0 fully saturated rings. The number of nitrogens with one attached hydrogen (secondary N) is 1. The molecule has 0 saturated heterocycles. The summed E-state index contributed by atoms with van der Waals surface area (Å²) in [6.07, 6.45) is 1.14. The molecule has 0 spiro atoms. The zero-order valence-electron chi connectivity index (χ0n) is 11.1. The van der Waals surface area contributed by atoms with Crippen LogP contribution in [0, 0.1) is 5.41 Å². The molecule has 21 heavy (non-hydrogen) atoms. The summed E-state index contributed by atoms with van der Waals surface area (Å²) in [5, 5.41) is 7.64. The van der Waals surface area contributed by atoms with Crippen molar-refractivity contribution in [1.29, 1.82) is 5.41 Å². The number of halogens is 1. The topological polar surface area (TPSA) is 93.2 Å². The Labute approximate surface area is 127 Å². The molecule has 2 aromatic rings. The molecule has 0 amide bonds. The first-order chi connectivity index (χ1) is 9.77. The van der Waals surface area contributed by atoms with E-state index < -0.39 is 9.84 Å². The first-order valence-corrected chi connectivity index (χ1v) is 8.16. The van der Waals surface area contributed by atoms with E-state index in [1.54, 1.807) is 24.3 Å². The number of nitrogen functional groups attached to an aromatic ring is 1. The second-order valence-electron chi connectivity index (χ2n) is 4.40. The summed E-state index contributed by atoms with van der Waals surface area (Å²) in [7, 11) is -3.23. The smallest absolute Gasteiger partial charge is 0.175 e. The van der Waals surface area contributed by atoms with Gasteiger partial charge in [0.2, 0.25) is 0 Å². The monoisotopic (exact) mass is 324 g/mol. The van der Waals surface area contributed by atoms with Crippen molar-refractivity contribution >= 4 is 27.3 Å². The van der Waals surface area contributed by atoms with Crippen LogP contribution in [-0.2, 0) is 9.84 Å². The number of amidine groups is 1. The van der Waals surface area contributed by atoms with Gasteiger partial charge in [-0.25, -0.2) is 8.42 Å². The lowest BCUT2D eigenvalue weighted by Gasteiger charge is -2.09.